The zero-order valence-corrected chi connectivity index (χ0v) is 11.5. The zero-order chi connectivity index (χ0) is 13.8. The van der Waals surface area contributed by atoms with Crippen molar-refractivity contribution < 1.29 is 4.79 Å². The van der Waals surface area contributed by atoms with Gasteiger partial charge in [0.1, 0.15) is 10.7 Å². The molecule has 19 heavy (non-hydrogen) atoms. The first-order chi connectivity index (χ1) is 9.08. The maximum Gasteiger partial charge on any atom is 0.217 e. The number of aromatic nitrogens is 1. The van der Waals surface area contributed by atoms with E-state index in [0.717, 1.165) is 31.6 Å². The normalized spacial score (nSPS) is 16.3. The summed E-state index contributed by atoms with van der Waals surface area (Å²) >= 11 is 5.03. The minimum Gasteiger partial charge on any atom is -0.388 e. The van der Waals surface area contributed by atoms with E-state index in [9.17, 15) is 4.79 Å². The average molecular weight is 278 g/mol. The molecule has 4 N–H and O–H groups in total. The topological polar surface area (TPSA) is 85.2 Å². The second kappa shape index (κ2) is 5.97. The van der Waals surface area contributed by atoms with Crippen LogP contribution in [0.3, 0.4) is 0 Å². The van der Waals surface area contributed by atoms with Gasteiger partial charge in [0, 0.05) is 25.7 Å². The van der Waals surface area contributed by atoms with Crippen molar-refractivity contribution in [3.8, 4) is 0 Å². The molecule has 0 aliphatic carbocycles. The molecular formula is C13H18N4OS. The average Bonchev–Trinajstić information content (AvgIpc) is 2.39. The number of carbonyl (C=O) groups is 1. The molecule has 0 aromatic carbocycles. The van der Waals surface area contributed by atoms with Crippen LogP contribution in [0, 0.1) is 5.92 Å². The van der Waals surface area contributed by atoms with Crippen LogP contribution in [-0.2, 0) is 4.79 Å². The lowest BCUT2D eigenvalue weighted by Gasteiger charge is -2.33. The van der Waals surface area contributed by atoms with E-state index in [0.29, 0.717) is 23.0 Å². The number of primary amides is 1. The Morgan fingerprint density at radius 3 is 2.68 bits per heavy atom. The van der Waals surface area contributed by atoms with E-state index in [1.807, 2.05) is 12.1 Å². The van der Waals surface area contributed by atoms with Gasteiger partial charge in [-0.3, -0.25) is 9.78 Å². The molecule has 1 amide bonds. The number of nitrogens with two attached hydrogens (primary N) is 2. The molecule has 1 saturated heterocycles. The highest BCUT2D eigenvalue weighted by Crippen LogP contribution is 2.26. The van der Waals surface area contributed by atoms with E-state index in [2.05, 4.69) is 9.88 Å². The maximum atomic E-state index is 10.9. The quantitative estimate of drug-likeness (QED) is 0.796. The highest BCUT2D eigenvalue weighted by molar-refractivity contribution is 7.80. The molecule has 102 valence electrons. The summed E-state index contributed by atoms with van der Waals surface area (Å²) in [4.78, 5) is 17.7. The fourth-order valence-corrected chi connectivity index (χ4v) is 2.66. The van der Waals surface area contributed by atoms with Crippen molar-refractivity contribution in [1.29, 1.82) is 0 Å². The van der Waals surface area contributed by atoms with Crippen LogP contribution in [0.5, 0.6) is 0 Å². The van der Waals surface area contributed by atoms with E-state index in [4.69, 9.17) is 23.7 Å². The standard InChI is InChI=1S/C13H18N4OS/c14-11(18)8-9-3-6-17(7-4-9)10-2-1-5-16-12(10)13(15)19/h1-2,5,9H,3-4,6-8H2,(H2,14,18)(H2,15,19). The van der Waals surface area contributed by atoms with Crippen molar-refractivity contribution in [3.05, 3.63) is 24.0 Å². The smallest absolute Gasteiger partial charge is 0.217 e. The lowest BCUT2D eigenvalue weighted by molar-refractivity contribution is -0.119. The molecule has 0 unspecified atom stereocenters. The molecule has 1 aliphatic heterocycles. The molecular weight excluding hydrogens is 260 g/mol. The maximum absolute atomic E-state index is 10.9. The minimum atomic E-state index is -0.219. The van der Waals surface area contributed by atoms with Crippen LogP contribution < -0.4 is 16.4 Å². The summed E-state index contributed by atoms with van der Waals surface area (Å²) < 4.78 is 0. The number of hydrogen-bond donors (Lipinski definition) is 2. The van der Waals surface area contributed by atoms with Gasteiger partial charge in [0.15, 0.2) is 0 Å². The third kappa shape index (κ3) is 3.41. The number of anilines is 1. The second-order valence-electron chi connectivity index (χ2n) is 4.84. The summed E-state index contributed by atoms with van der Waals surface area (Å²) in [6.07, 6.45) is 4.07. The molecule has 0 bridgehead atoms. The number of nitrogens with zero attached hydrogens (tertiary/aromatic N) is 2. The van der Waals surface area contributed by atoms with Gasteiger partial charge in [-0.15, -0.1) is 0 Å². The van der Waals surface area contributed by atoms with Crippen molar-refractivity contribution in [2.75, 3.05) is 18.0 Å². The van der Waals surface area contributed by atoms with E-state index in [-0.39, 0.29) is 5.91 Å². The molecule has 1 aromatic rings. The van der Waals surface area contributed by atoms with Gasteiger partial charge in [-0.1, -0.05) is 12.2 Å². The fraction of sp³-hybridized carbons (Fsp3) is 0.462. The van der Waals surface area contributed by atoms with Gasteiger partial charge in [0.05, 0.1) is 5.69 Å². The predicted octanol–water partition coefficient (Wildman–Crippen LogP) is 0.808. The van der Waals surface area contributed by atoms with Crippen molar-refractivity contribution >= 4 is 28.8 Å². The van der Waals surface area contributed by atoms with Gasteiger partial charge >= 0.3 is 0 Å². The van der Waals surface area contributed by atoms with Gasteiger partial charge < -0.3 is 16.4 Å². The molecule has 0 atom stereocenters. The van der Waals surface area contributed by atoms with Crippen LogP contribution >= 0.6 is 12.2 Å². The lowest BCUT2D eigenvalue weighted by atomic mass is 9.93. The largest absolute Gasteiger partial charge is 0.388 e. The second-order valence-corrected chi connectivity index (χ2v) is 5.28. The summed E-state index contributed by atoms with van der Waals surface area (Å²) in [5, 5.41) is 0. The SMILES string of the molecule is NC(=O)CC1CCN(c2cccnc2C(N)=S)CC1. The number of pyridine rings is 1. The van der Waals surface area contributed by atoms with Gasteiger partial charge in [0.25, 0.3) is 0 Å². The third-order valence-electron chi connectivity index (χ3n) is 3.46. The monoisotopic (exact) mass is 278 g/mol. The number of rotatable bonds is 4. The van der Waals surface area contributed by atoms with Crippen LogP contribution in [0.25, 0.3) is 0 Å². The van der Waals surface area contributed by atoms with Crippen LogP contribution in [-0.4, -0.2) is 29.0 Å². The molecule has 2 rings (SSSR count). The van der Waals surface area contributed by atoms with Gasteiger partial charge in [-0.2, -0.15) is 0 Å². The Bertz CT molecular complexity index is 483. The number of thiocarbonyl (C=S) groups is 1. The van der Waals surface area contributed by atoms with Crippen LogP contribution in [0.4, 0.5) is 5.69 Å². The number of piperidine rings is 1. The summed E-state index contributed by atoms with van der Waals surface area (Å²) in [6.45, 7) is 1.75. The van der Waals surface area contributed by atoms with Crippen LogP contribution in [0.1, 0.15) is 25.0 Å². The van der Waals surface area contributed by atoms with Crippen LogP contribution in [0.2, 0.25) is 0 Å². The van der Waals surface area contributed by atoms with Gasteiger partial charge in [-0.05, 0) is 30.9 Å². The van der Waals surface area contributed by atoms with E-state index >= 15 is 0 Å². The Balaban J connectivity index is 2.05. The third-order valence-corrected chi connectivity index (χ3v) is 3.66. The Hall–Kier alpha value is -1.69. The van der Waals surface area contributed by atoms with E-state index in [1.54, 1.807) is 6.20 Å². The first kappa shape index (κ1) is 13.7. The van der Waals surface area contributed by atoms with E-state index < -0.39 is 0 Å². The number of hydrogen-bond acceptors (Lipinski definition) is 4. The summed E-state index contributed by atoms with van der Waals surface area (Å²) in [7, 11) is 0. The number of amides is 1. The van der Waals surface area contributed by atoms with Crippen molar-refractivity contribution in [1.82, 2.24) is 4.98 Å². The molecule has 0 saturated carbocycles. The summed E-state index contributed by atoms with van der Waals surface area (Å²) in [5.74, 6) is 0.169. The van der Waals surface area contributed by atoms with E-state index in [1.165, 1.54) is 0 Å². The van der Waals surface area contributed by atoms with Crippen molar-refractivity contribution in [2.24, 2.45) is 17.4 Å². The predicted molar refractivity (Wildman–Crippen MR) is 78.9 cm³/mol. The van der Waals surface area contributed by atoms with Crippen LogP contribution in [0.15, 0.2) is 18.3 Å². The Morgan fingerprint density at radius 1 is 1.42 bits per heavy atom. The number of carbonyl (C=O) groups excluding carboxylic acids is 1. The molecule has 0 spiro atoms. The summed E-state index contributed by atoms with van der Waals surface area (Å²) in [5.41, 5.74) is 12.6. The summed E-state index contributed by atoms with van der Waals surface area (Å²) in [6, 6.07) is 3.86. The molecule has 2 heterocycles. The first-order valence-corrected chi connectivity index (χ1v) is 6.77. The van der Waals surface area contributed by atoms with Gasteiger partial charge in [-0.25, -0.2) is 0 Å². The highest BCUT2D eigenvalue weighted by Gasteiger charge is 2.22. The Kier molecular flexibility index (Phi) is 4.31. The Morgan fingerprint density at radius 2 is 2.11 bits per heavy atom. The zero-order valence-electron chi connectivity index (χ0n) is 10.7. The minimum absolute atomic E-state index is 0.219. The van der Waals surface area contributed by atoms with Crippen molar-refractivity contribution in [3.63, 3.8) is 0 Å². The van der Waals surface area contributed by atoms with Crippen molar-refractivity contribution in [2.45, 2.75) is 19.3 Å². The fourth-order valence-electron chi connectivity index (χ4n) is 2.50. The molecule has 1 aliphatic rings. The molecule has 1 aromatic heterocycles. The lowest BCUT2D eigenvalue weighted by Crippen LogP contribution is -2.36. The molecule has 0 radical (unpaired) electrons. The molecule has 5 nitrogen and oxygen atoms in total. The highest BCUT2D eigenvalue weighted by atomic mass is 32.1. The Labute approximate surface area is 118 Å². The molecule has 1 fully saturated rings. The molecule has 6 heteroatoms. The van der Waals surface area contributed by atoms with Gasteiger partial charge in [0.2, 0.25) is 5.91 Å². The first-order valence-electron chi connectivity index (χ1n) is 6.36.